The SMILES string of the molecule is C.Nc1ccccc1Cl. The fourth-order valence-corrected chi connectivity index (χ4v) is 0.611. The van der Waals surface area contributed by atoms with Crippen LogP contribution in [-0.2, 0) is 0 Å². The Labute approximate surface area is 60.4 Å². The van der Waals surface area contributed by atoms with E-state index in [0.29, 0.717) is 10.7 Å². The Hall–Kier alpha value is -0.690. The number of nitrogen functional groups attached to an aromatic ring is 1. The van der Waals surface area contributed by atoms with Gasteiger partial charge in [-0.2, -0.15) is 0 Å². The van der Waals surface area contributed by atoms with Gasteiger partial charge in [0.05, 0.1) is 10.7 Å². The molecule has 0 aromatic heterocycles. The fourth-order valence-electron chi connectivity index (χ4n) is 0.475. The average Bonchev–Trinajstić information content (AvgIpc) is 1.77. The molecule has 50 valence electrons. The van der Waals surface area contributed by atoms with Crippen LogP contribution in [0.4, 0.5) is 5.69 Å². The number of benzene rings is 1. The minimum absolute atomic E-state index is 0. The summed E-state index contributed by atoms with van der Waals surface area (Å²) in [5.74, 6) is 0. The van der Waals surface area contributed by atoms with Crippen LogP contribution in [0.25, 0.3) is 0 Å². The van der Waals surface area contributed by atoms with Gasteiger partial charge in [-0.05, 0) is 12.1 Å². The summed E-state index contributed by atoms with van der Waals surface area (Å²) in [7, 11) is 0. The summed E-state index contributed by atoms with van der Waals surface area (Å²) in [5, 5.41) is 0.618. The van der Waals surface area contributed by atoms with Crippen LogP contribution in [0.2, 0.25) is 5.02 Å². The summed E-state index contributed by atoms with van der Waals surface area (Å²) >= 11 is 5.58. The fraction of sp³-hybridized carbons (Fsp3) is 0.143. The number of hydrogen-bond acceptors (Lipinski definition) is 1. The summed E-state index contributed by atoms with van der Waals surface area (Å²) in [6, 6.07) is 7.22. The van der Waals surface area contributed by atoms with Crippen molar-refractivity contribution in [3.8, 4) is 0 Å². The smallest absolute Gasteiger partial charge is 0.0635 e. The lowest BCUT2D eigenvalue weighted by molar-refractivity contribution is 1.68. The predicted octanol–water partition coefficient (Wildman–Crippen LogP) is 2.56. The zero-order valence-electron chi connectivity index (χ0n) is 4.26. The van der Waals surface area contributed by atoms with E-state index < -0.39 is 0 Å². The van der Waals surface area contributed by atoms with Gasteiger partial charge in [0.2, 0.25) is 0 Å². The molecular formula is C7H10ClN. The molecule has 0 fully saturated rings. The molecule has 0 saturated heterocycles. The van der Waals surface area contributed by atoms with Crippen molar-refractivity contribution in [2.75, 3.05) is 5.73 Å². The maximum atomic E-state index is 5.58. The first-order valence-corrected chi connectivity index (χ1v) is 2.68. The second kappa shape index (κ2) is 3.36. The van der Waals surface area contributed by atoms with Crippen LogP contribution >= 0.6 is 11.6 Å². The molecule has 9 heavy (non-hydrogen) atoms. The molecule has 0 aliphatic heterocycles. The van der Waals surface area contributed by atoms with Crippen LogP contribution in [0.3, 0.4) is 0 Å². The summed E-state index contributed by atoms with van der Waals surface area (Å²) in [6.45, 7) is 0. The number of para-hydroxylation sites is 1. The molecule has 0 unspecified atom stereocenters. The third-order valence-corrected chi connectivity index (χ3v) is 1.25. The van der Waals surface area contributed by atoms with Crippen LogP contribution in [-0.4, -0.2) is 0 Å². The summed E-state index contributed by atoms with van der Waals surface area (Å²) < 4.78 is 0. The lowest BCUT2D eigenvalue weighted by Gasteiger charge is -1.91. The van der Waals surface area contributed by atoms with Crippen LogP contribution in [0, 0.1) is 0 Å². The summed E-state index contributed by atoms with van der Waals surface area (Å²) in [6.07, 6.45) is 0. The second-order valence-corrected chi connectivity index (χ2v) is 1.93. The van der Waals surface area contributed by atoms with E-state index in [4.69, 9.17) is 17.3 Å². The Morgan fingerprint density at radius 1 is 1.22 bits per heavy atom. The van der Waals surface area contributed by atoms with Gasteiger partial charge < -0.3 is 5.73 Å². The molecule has 1 aromatic rings. The first kappa shape index (κ1) is 8.31. The predicted molar refractivity (Wildman–Crippen MR) is 42.6 cm³/mol. The van der Waals surface area contributed by atoms with Crippen molar-refractivity contribution in [1.82, 2.24) is 0 Å². The molecule has 0 heterocycles. The minimum Gasteiger partial charge on any atom is -0.398 e. The Kier molecular flexibility index (Phi) is 3.10. The van der Waals surface area contributed by atoms with E-state index in [1.165, 1.54) is 0 Å². The Morgan fingerprint density at radius 3 is 2.11 bits per heavy atom. The highest BCUT2D eigenvalue weighted by Gasteiger charge is 1.87. The average molecular weight is 144 g/mol. The van der Waals surface area contributed by atoms with Gasteiger partial charge in [-0.1, -0.05) is 31.2 Å². The van der Waals surface area contributed by atoms with Gasteiger partial charge in [-0.25, -0.2) is 0 Å². The Morgan fingerprint density at radius 2 is 1.78 bits per heavy atom. The standard InChI is InChI=1S/C6H6ClN.CH4/c7-5-3-1-2-4-6(5)8;/h1-4H,8H2;1H4. The molecule has 1 aromatic carbocycles. The van der Waals surface area contributed by atoms with Gasteiger partial charge in [-0.15, -0.1) is 0 Å². The molecule has 0 amide bonds. The molecule has 1 nitrogen and oxygen atoms in total. The van der Waals surface area contributed by atoms with Gasteiger partial charge in [0.1, 0.15) is 0 Å². The first-order valence-electron chi connectivity index (χ1n) is 2.31. The zero-order chi connectivity index (χ0) is 5.98. The van der Waals surface area contributed by atoms with Crippen molar-refractivity contribution in [1.29, 1.82) is 0 Å². The van der Waals surface area contributed by atoms with Crippen LogP contribution in [0.5, 0.6) is 0 Å². The molecule has 0 bridgehead atoms. The highest BCUT2D eigenvalue weighted by atomic mass is 35.5. The molecule has 0 radical (unpaired) electrons. The van der Waals surface area contributed by atoms with Crippen LogP contribution in [0.15, 0.2) is 24.3 Å². The van der Waals surface area contributed by atoms with E-state index in [1.54, 1.807) is 12.1 Å². The largest absolute Gasteiger partial charge is 0.398 e. The summed E-state index contributed by atoms with van der Waals surface area (Å²) in [4.78, 5) is 0. The third-order valence-electron chi connectivity index (χ3n) is 0.905. The molecule has 0 atom stereocenters. The van der Waals surface area contributed by atoms with Crippen LogP contribution in [0.1, 0.15) is 7.43 Å². The van der Waals surface area contributed by atoms with Crippen molar-refractivity contribution >= 4 is 17.3 Å². The number of halogens is 1. The quantitative estimate of drug-likeness (QED) is 0.555. The van der Waals surface area contributed by atoms with Gasteiger partial charge in [0, 0.05) is 0 Å². The van der Waals surface area contributed by atoms with E-state index in [1.807, 2.05) is 12.1 Å². The molecule has 1 rings (SSSR count). The Balaban J connectivity index is 0.000000640. The molecule has 0 spiro atoms. The zero-order valence-corrected chi connectivity index (χ0v) is 5.02. The highest BCUT2D eigenvalue weighted by Crippen LogP contribution is 2.15. The number of hydrogen-bond donors (Lipinski definition) is 1. The lowest BCUT2D eigenvalue weighted by Crippen LogP contribution is -1.82. The molecular weight excluding hydrogens is 134 g/mol. The topological polar surface area (TPSA) is 26.0 Å². The summed E-state index contributed by atoms with van der Waals surface area (Å²) in [5.41, 5.74) is 6.02. The van der Waals surface area contributed by atoms with E-state index in [2.05, 4.69) is 0 Å². The van der Waals surface area contributed by atoms with Crippen molar-refractivity contribution in [3.05, 3.63) is 29.3 Å². The van der Waals surface area contributed by atoms with Crippen molar-refractivity contribution in [2.24, 2.45) is 0 Å². The van der Waals surface area contributed by atoms with Gasteiger partial charge in [-0.3, -0.25) is 0 Å². The third kappa shape index (κ3) is 1.94. The number of rotatable bonds is 0. The van der Waals surface area contributed by atoms with Gasteiger partial charge >= 0.3 is 0 Å². The molecule has 2 heteroatoms. The minimum atomic E-state index is 0. The van der Waals surface area contributed by atoms with Gasteiger partial charge in [0.15, 0.2) is 0 Å². The molecule has 0 aliphatic carbocycles. The molecule has 0 aliphatic rings. The molecule has 2 N–H and O–H groups in total. The Bertz CT molecular complexity index is 165. The van der Waals surface area contributed by atoms with Gasteiger partial charge in [0.25, 0.3) is 0 Å². The van der Waals surface area contributed by atoms with E-state index in [-0.39, 0.29) is 7.43 Å². The van der Waals surface area contributed by atoms with Crippen LogP contribution < -0.4 is 5.73 Å². The van der Waals surface area contributed by atoms with Crippen molar-refractivity contribution in [3.63, 3.8) is 0 Å². The lowest BCUT2D eigenvalue weighted by atomic mass is 10.3. The number of anilines is 1. The monoisotopic (exact) mass is 143 g/mol. The number of nitrogens with two attached hydrogens (primary N) is 1. The van der Waals surface area contributed by atoms with E-state index >= 15 is 0 Å². The maximum absolute atomic E-state index is 5.58. The second-order valence-electron chi connectivity index (χ2n) is 1.52. The first-order chi connectivity index (χ1) is 3.80. The van der Waals surface area contributed by atoms with E-state index in [0.717, 1.165) is 0 Å². The normalized spacial score (nSPS) is 8.11. The van der Waals surface area contributed by atoms with Crippen molar-refractivity contribution in [2.45, 2.75) is 7.43 Å². The van der Waals surface area contributed by atoms with Crippen molar-refractivity contribution < 1.29 is 0 Å². The maximum Gasteiger partial charge on any atom is 0.0635 e. The highest BCUT2D eigenvalue weighted by molar-refractivity contribution is 6.33. The molecule has 0 saturated carbocycles. The van der Waals surface area contributed by atoms with E-state index in [9.17, 15) is 0 Å².